The summed E-state index contributed by atoms with van der Waals surface area (Å²) in [5.41, 5.74) is 1.98. The number of hydrogen-bond acceptors (Lipinski definition) is 6. The molecular formula is C24H25NO6S. The quantitative estimate of drug-likeness (QED) is 0.456. The third kappa shape index (κ3) is 5.27. The van der Waals surface area contributed by atoms with Crippen LogP contribution in [0.4, 0.5) is 0 Å². The Balaban J connectivity index is 1.97. The fourth-order valence-corrected chi connectivity index (χ4v) is 4.64. The van der Waals surface area contributed by atoms with Gasteiger partial charge in [0.25, 0.3) is 0 Å². The molecule has 0 atom stereocenters. The van der Waals surface area contributed by atoms with Crippen LogP contribution in [-0.2, 0) is 27.8 Å². The third-order valence-corrected chi connectivity index (χ3v) is 6.72. The molecule has 0 aliphatic heterocycles. The molecule has 32 heavy (non-hydrogen) atoms. The number of benzene rings is 3. The molecule has 0 aromatic heterocycles. The van der Waals surface area contributed by atoms with Gasteiger partial charge in [0.15, 0.2) is 11.5 Å². The molecule has 0 unspecified atom stereocenters. The van der Waals surface area contributed by atoms with Crippen molar-refractivity contribution >= 4 is 16.0 Å². The summed E-state index contributed by atoms with van der Waals surface area (Å²) in [4.78, 5) is 11.8. The number of nitrogens with zero attached hydrogens (tertiary/aromatic N) is 1. The lowest BCUT2D eigenvalue weighted by Gasteiger charge is -2.23. The van der Waals surface area contributed by atoms with Gasteiger partial charge in [-0.1, -0.05) is 42.5 Å². The molecule has 0 heterocycles. The van der Waals surface area contributed by atoms with Gasteiger partial charge in [-0.2, -0.15) is 4.31 Å². The Morgan fingerprint density at radius 1 is 0.781 bits per heavy atom. The second-order valence-electron chi connectivity index (χ2n) is 6.96. The molecule has 0 aliphatic carbocycles. The molecule has 168 valence electrons. The minimum Gasteiger partial charge on any atom is -0.493 e. The number of rotatable bonds is 9. The normalized spacial score (nSPS) is 11.2. The minimum absolute atomic E-state index is 0.0947. The topological polar surface area (TPSA) is 82.1 Å². The molecule has 0 radical (unpaired) electrons. The van der Waals surface area contributed by atoms with Crippen molar-refractivity contribution in [2.24, 2.45) is 0 Å². The first kappa shape index (κ1) is 23.3. The number of carbonyl (C=O) groups excluding carboxylic acids is 1. The van der Waals surface area contributed by atoms with Crippen LogP contribution in [0, 0.1) is 0 Å². The minimum atomic E-state index is -3.88. The van der Waals surface area contributed by atoms with Crippen LogP contribution in [0.25, 0.3) is 0 Å². The van der Waals surface area contributed by atoms with Gasteiger partial charge in [0, 0.05) is 19.2 Å². The number of carbonyl (C=O) groups is 1. The van der Waals surface area contributed by atoms with Crippen molar-refractivity contribution in [2.75, 3.05) is 21.3 Å². The molecule has 3 aromatic carbocycles. The summed E-state index contributed by atoms with van der Waals surface area (Å²) >= 11 is 0. The molecule has 8 heteroatoms. The van der Waals surface area contributed by atoms with E-state index in [1.807, 2.05) is 30.3 Å². The van der Waals surface area contributed by atoms with E-state index in [9.17, 15) is 13.2 Å². The Kier molecular flexibility index (Phi) is 7.50. The average Bonchev–Trinajstić information content (AvgIpc) is 2.83. The molecule has 0 spiro atoms. The lowest BCUT2D eigenvalue weighted by atomic mass is 10.1. The van der Waals surface area contributed by atoms with Crippen LogP contribution in [0.5, 0.6) is 11.5 Å². The second kappa shape index (κ2) is 10.3. The average molecular weight is 456 g/mol. The van der Waals surface area contributed by atoms with E-state index in [4.69, 9.17) is 14.2 Å². The van der Waals surface area contributed by atoms with Crippen LogP contribution in [0.1, 0.15) is 21.5 Å². The predicted octanol–water partition coefficient (Wildman–Crippen LogP) is 3.88. The molecule has 0 bridgehead atoms. The lowest BCUT2D eigenvalue weighted by Crippen LogP contribution is -2.30. The summed E-state index contributed by atoms with van der Waals surface area (Å²) in [7, 11) is 0.382. The molecular weight excluding hydrogens is 430 g/mol. The van der Waals surface area contributed by atoms with Crippen molar-refractivity contribution < 1.29 is 27.4 Å². The molecule has 0 aliphatic rings. The van der Waals surface area contributed by atoms with E-state index in [1.165, 1.54) is 37.8 Å². The number of methoxy groups -OCH3 is 3. The first-order chi connectivity index (χ1) is 15.4. The highest BCUT2D eigenvalue weighted by Crippen LogP contribution is 2.31. The summed E-state index contributed by atoms with van der Waals surface area (Å²) in [5.74, 6) is 0.325. The van der Waals surface area contributed by atoms with E-state index < -0.39 is 16.0 Å². The number of ether oxygens (including phenoxy) is 3. The van der Waals surface area contributed by atoms with E-state index in [0.717, 1.165) is 11.1 Å². The standard InChI is InChI=1S/C24H25NO6S/c1-29-22-14-13-21(15-23(22)30-2)32(27,28)25(16-18-7-5-4-6-8-18)17-19-9-11-20(12-10-19)24(26)31-3/h4-15H,16-17H2,1-3H3. The maximum atomic E-state index is 13.6. The molecule has 3 aromatic rings. The van der Waals surface area contributed by atoms with Gasteiger partial charge in [0.1, 0.15) is 0 Å². The number of hydrogen-bond donors (Lipinski definition) is 0. The zero-order chi connectivity index (χ0) is 23.1. The highest BCUT2D eigenvalue weighted by Gasteiger charge is 2.26. The fourth-order valence-electron chi connectivity index (χ4n) is 3.21. The highest BCUT2D eigenvalue weighted by atomic mass is 32.2. The molecule has 0 saturated heterocycles. The summed E-state index contributed by atoms with van der Waals surface area (Å²) in [6.45, 7) is 0.295. The van der Waals surface area contributed by atoms with Crippen LogP contribution in [0.15, 0.2) is 77.7 Å². The monoisotopic (exact) mass is 455 g/mol. The smallest absolute Gasteiger partial charge is 0.337 e. The van der Waals surface area contributed by atoms with Crippen molar-refractivity contribution in [1.29, 1.82) is 0 Å². The Morgan fingerprint density at radius 3 is 1.94 bits per heavy atom. The molecule has 0 amide bonds. The largest absolute Gasteiger partial charge is 0.493 e. The first-order valence-corrected chi connectivity index (χ1v) is 11.3. The summed E-state index contributed by atoms with van der Waals surface area (Å²) < 4.78 is 43.8. The Hall–Kier alpha value is -3.36. The summed E-state index contributed by atoms with van der Waals surface area (Å²) in [6.07, 6.45) is 0. The second-order valence-corrected chi connectivity index (χ2v) is 8.90. The van der Waals surface area contributed by atoms with Crippen molar-refractivity contribution in [3.63, 3.8) is 0 Å². The van der Waals surface area contributed by atoms with Crippen LogP contribution >= 0.6 is 0 Å². The lowest BCUT2D eigenvalue weighted by molar-refractivity contribution is 0.0600. The van der Waals surface area contributed by atoms with Crippen molar-refractivity contribution in [3.8, 4) is 11.5 Å². The van der Waals surface area contributed by atoms with Gasteiger partial charge < -0.3 is 14.2 Å². The van der Waals surface area contributed by atoms with E-state index in [0.29, 0.717) is 17.1 Å². The van der Waals surface area contributed by atoms with Gasteiger partial charge in [0.2, 0.25) is 10.0 Å². The van der Waals surface area contributed by atoms with Gasteiger partial charge in [0.05, 0.1) is 31.8 Å². The van der Waals surface area contributed by atoms with Crippen LogP contribution in [-0.4, -0.2) is 40.0 Å². The van der Waals surface area contributed by atoms with Gasteiger partial charge >= 0.3 is 5.97 Å². The van der Waals surface area contributed by atoms with Gasteiger partial charge in [-0.15, -0.1) is 0 Å². The number of esters is 1. The zero-order valence-electron chi connectivity index (χ0n) is 18.1. The SMILES string of the molecule is COC(=O)c1ccc(CN(Cc2ccccc2)S(=O)(=O)c2ccc(OC)c(OC)c2)cc1. The summed E-state index contributed by atoms with van der Waals surface area (Å²) in [5, 5.41) is 0. The van der Waals surface area contributed by atoms with Crippen molar-refractivity contribution in [3.05, 3.63) is 89.5 Å². The number of sulfonamides is 1. The Labute approximate surface area is 188 Å². The van der Waals surface area contributed by atoms with Crippen LogP contribution < -0.4 is 9.47 Å². The van der Waals surface area contributed by atoms with E-state index in [2.05, 4.69) is 0 Å². The van der Waals surface area contributed by atoms with Crippen molar-refractivity contribution in [1.82, 2.24) is 4.31 Å². The Morgan fingerprint density at radius 2 is 1.38 bits per heavy atom. The van der Waals surface area contributed by atoms with Gasteiger partial charge in [-0.25, -0.2) is 13.2 Å². The maximum absolute atomic E-state index is 13.6. The molecule has 7 nitrogen and oxygen atoms in total. The van der Waals surface area contributed by atoms with Crippen LogP contribution in [0.2, 0.25) is 0 Å². The molecule has 0 N–H and O–H groups in total. The van der Waals surface area contributed by atoms with Crippen molar-refractivity contribution in [2.45, 2.75) is 18.0 Å². The third-order valence-electron chi connectivity index (χ3n) is 4.93. The predicted molar refractivity (Wildman–Crippen MR) is 120 cm³/mol. The first-order valence-electron chi connectivity index (χ1n) is 9.82. The van der Waals surface area contributed by atoms with Gasteiger partial charge in [-0.05, 0) is 35.4 Å². The van der Waals surface area contributed by atoms with E-state index in [-0.39, 0.29) is 18.0 Å². The fraction of sp³-hybridized carbons (Fsp3) is 0.208. The molecule has 0 saturated carbocycles. The highest BCUT2D eigenvalue weighted by molar-refractivity contribution is 7.89. The molecule has 3 rings (SSSR count). The van der Waals surface area contributed by atoms with Gasteiger partial charge in [-0.3, -0.25) is 0 Å². The van der Waals surface area contributed by atoms with E-state index in [1.54, 1.807) is 30.3 Å². The van der Waals surface area contributed by atoms with Crippen LogP contribution in [0.3, 0.4) is 0 Å². The zero-order valence-corrected chi connectivity index (χ0v) is 19.0. The van der Waals surface area contributed by atoms with E-state index >= 15 is 0 Å². The Bertz CT molecular complexity index is 1160. The maximum Gasteiger partial charge on any atom is 0.337 e. The summed E-state index contributed by atoms with van der Waals surface area (Å²) in [6, 6.07) is 20.5. The molecule has 0 fully saturated rings.